The van der Waals surface area contributed by atoms with Gasteiger partial charge in [-0.2, -0.15) is 4.98 Å². The summed E-state index contributed by atoms with van der Waals surface area (Å²) in [7, 11) is 0. The van der Waals surface area contributed by atoms with Crippen molar-refractivity contribution in [2.45, 2.75) is 46.6 Å². The summed E-state index contributed by atoms with van der Waals surface area (Å²) in [4.78, 5) is 24.3. The van der Waals surface area contributed by atoms with Crippen LogP contribution in [0.15, 0.2) is 6.33 Å². The zero-order valence-corrected chi connectivity index (χ0v) is 20.0. The maximum absolute atomic E-state index is 11.9. The molecule has 176 valence electrons. The first-order valence-electron chi connectivity index (χ1n) is 11.3. The second kappa shape index (κ2) is 9.50. The van der Waals surface area contributed by atoms with Gasteiger partial charge in [0.2, 0.25) is 5.95 Å². The molecule has 2 N–H and O–H groups in total. The average Bonchev–Trinajstić information content (AvgIpc) is 2.72. The number of nitrogens with zero attached hydrogens (tertiary/aromatic N) is 7. The molecule has 2 saturated heterocycles. The molecule has 32 heavy (non-hydrogen) atoms. The van der Waals surface area contributed by atoms with E-state index in [0.29, 0.717) is 53.3 Å². The number of aliphatic hydroxyl groups is 2. The third-order valence-corrected chi connectivity index (χ3v) is 7.39. The fourth-order valence-electron chi connectivity index (χ4n) is 4.81. The monoisotopic (exact) mass is 463 g/mol. The molecule has 4 heterocycles. The Kier molecular flexibility index (Phi) is 6.89. The molecule has 2 aliphatic heterocycles. The van der Waals surface area contributed by atoms with Crippen LogP contribution in [0, 0.1) is 11.8 Å². The van der Waals surface area contributed by atoms with E-state index in [4.69, 9.17) is 9.97 Å². The largest absolute Gasteiger partial charge is 0.616 e. The third-order valence-electron chi connectivity index (χ3n) is 6.11. The van der Waals surface area contributed by atoms with E-state index in [1.807, 2.05) is 0 Å². The maximum atomic E-state index is 11.9. The zero-order valence-electron chi connectivity index (χ0n) is 19.2. The van der Waals surface area contributed by atoms with Crippen molar-refractivity contribution in [1.29, 1.82) is 0 Å². The normalized spacial score (nSPS) is 24.6. The van der Waals surface area contributed by atoms with Crippen LogP contribution in [0.4, 0.5) is 17.6 Å². The molecule has 0 bridgehead atoms. The van der Waals surface area contributed by atoms with Crippen LogP contribution >= 0.6 is 0 Å². The van der Waals surface area contributed by atoms with E-state index in [-0.39, 0.29) is 5.95 Å². The van der Waals surface area contributed by atoms with Gasteiger partial charge in [-0.15, -0.1) is 0 Å². The van der Waals surface area contributed by atoms with Gasteiger partial charge in [-0.25, -0.2) is 15.0 Å². The van der Waals surface area contributed by atoms with Crippen LogP contribution in [0.25, 0.3) is 11.0 Å². The molecule has 4 unspecified atom stereocenters. The molecule has 10 nitrogen and oxygen atoms in total. The summed E-state index contributed by atoms with van der Waals surface area (Å²) in [6, 6.07) is 0. The highest BCUT2D eigenvalue weighted by atomic mass is 32.2. The summed E-state index contributed by atoms with van der Waals surface area (Å²) in [6.45, 7) is 10.6. The molecule has 4 rings (SSSR count). The Labute approximate surface area is 191 Å². The maximum Gasteiger partial charge on any atom is 0.232 e. The van der Waals surface area contributed by atoms with E-state index in [2.05, 4.69) is 33.6 Å². The molecule has 4 atom stereocenters. The number of hydrogen-bond acceptors (Lipinski definition) is 10. The fraction of sp³-hybridized carbons (Fsp3) is 0.714. The van der Waals surface area contributed by atoms with Crippen LogP contribution < -0.4 is 14.7 Å². The van der Waals surface area contributed by atoms with Gasteiger partial charge in [0.25, 0.3) is 0 Å². The summed E-state index contributed by atoms with van der Waals surface area (Å²) in [5, 5.41) is 20.6. The van der Waals surface area contributed by atoms with E-state index >= 15 is 0 Å². The Morgan fingerprint density at radius 2 is 1.59 bits per heavy atom. The van der Waals surface area contributed by atoms with Crippen molar-refractivity contribution in [2.75, 3.05) is 52.4 Å². The predicted octanol–water partition coefficient (Wildman–Crippen LogP) is 0.954. The Bertz CT molecular complexity index is 921. The SMILES string of the molecule is CC1CC(C)CN(c2ncnc3c(N4CC[S+]([O-])CC4)nc(N(C(C)O)C(C)O)nc23)C1. The Morgan fingerprint density at radius 3 is 2.19 bits per heavy atom. The molecular weight excluding hydrogens is 430 g/mol. The molecule has 2 fully saturated rings. The minimum absolute atomic E-state index is 0.221. The lowest BCUT2D eigenvalue weighted by Gasteiger charge is -2.36. The lowest BCUT2D eigenvalue weighted by molar-refractivity contribution is 0.103. The van der Waals surface area contributed by atoms with Gasteiger partial charge in [-0.05, 0) is 32.1 Å². The van der Waals surface area contributed by atoms with Crippen molar-refractivity contribution in [3.63, 3.8) is 0 Å². The second-order valence-electron chi connectivity index (χ2n) is 9.10. The first kappa shape index (κ1) is 23.2. The van der Waals surface area contributed by atoms with Crippen molar-refractivity contribution in [1.82, 2.24) is 19.9 Å². The predicted molar refractivity (Wildman–Crippen MR) is 126 cm³/mol. The fourth-order valence-corrected chi connectivity index (χ4v) is 5.86. The molecule has 0 aromatic carbocycles. The minimum atomic E-state index is -0.989. The van der Waals surface area contributed by atoms with Gasteiger partial charge in [0.15, 0.2) is 11.6 Å². The van der Waals surface area contributed by atoms with E-state index in [1.54, 1.807) is 20.2 Å². The summed E-state index contributed by atoms with van der Waals surface area (Å²) < 4.78 is 11.9. The van der Waals surface area contributed by atoms with Gasteiger partial charge in [0.1, 0.15) is 41.3 Å². The van der Waals surface area contributed by atoms with Gasteiger partial charge in [0, 0.05) is 13.1 Å². The van der Waals surface area contributed by atoms with Crippen molar-refractivity contribution >= 4 is 39.8 Å². The molecule has 0 spiro atoms. The number of anilines is 3. The van der Waals surface area contributed by atoms with E-state index in [1.165, 1.54) is 11.3 Å². The number of aromatic nitrogens is 4. The van der Waals surface area contributed by atoms with Crippen LogP contribution in [0.3, 0.4) is 0 Å². The van der Waals surface area contributed by atoms with Crippen molar-refractivity contribution in [3.05, 3.63) is 6.33 Å². The van der Waals surface area contributed by atoms with Crippen LogP contribution in [0.2, 0.25) is 0 Å². The molecule has 0 saturated carbocycles. The van der Waals surface area contributed by atoms with E-state index in [0.717, 1.165) is 18.9 Å². The topological polar surface area (TPSA) is 125 Å². The van der Waals surface area contributed by atoms with Crippen LogP contribution in [-0.2, 0) is 11.2 Å². The Morgan fingerprint density at radius 1 is 0.969 bits per heavy atom. The molecule has 2 aromatic rings. The van der Waals surface area contributed by atoms with Gasteiger partial charge < -0.3 is 24.6 Å². The number of aliphatic hydroxyl groups excluding tert-OH is 2. The van der Waals surface area contributed by atoms with Crippen LogP contribution in [0.1, 0.15) is 34.1 Å². The van der Waals surface area contributed by atoms with Crippen molar-refractivity contribution < 1.29 is 14.8 Å². The Balaban J connectivity index is 1.87. The van der Waals surface area contributed by atoms with Gasteiger partial charge in [0.05, 0.1) is 13.1 Å². The first-order valence-corrected chi connectivity index (χ1v) is 12.8. The van der Waals surface area contributed by atoms with Crippen molar-refractivity contribution in [3.8, 4) is 0 Å². The number of piperidine rings is 1. The highest BCUT2D eigenvalue weighted by Gasteiger charge is 2.30. The minimum Gasteiger partial charge on any atom is -0.616 e. The van der Waals surface area contributed by atoms with Crippen LogP contribution in [0.5, 0.6) is 0 Å². The molecule has 11 heteroatoms. The van der Waals surface area contributed by atoms with Crippen molar-refractivity contribution in [2.24, 2.45) is 11.8 Å². The first-order chi connectivity index (χ1) is 15.2. The van der Waals surface area contributed by atoms with E-state index in [9.17, 15) is 14.8 Å². The summed E-state index contributed by atoms with van der Waals surface area (Å²) >= 11 is -0.830. The van der Waals surface area contributed by atoms with Gasteiger partial charge in [-0.3, -0.25) is 4.90 Å². The lowest BCUT2D eigenvalue weighted by atomic mass is 9.92. The molecule has 0 amide bonds. The molecular formula is C21H33N7O3S. The molecule has 0 radical (unpaired) electrons. The average molecular weight is 464 g/mol. The highest BCUT2D eigenvalue weighted by Crippen LogP contribution is 2.34. The second-order valence-corrected chi connectivity index (χ2v) is 10.8. The summed E-state index contributed by atoms with van der Waals surface area (Å²) in [5.74, 6) is 3.79. The molecule has 0 aliphatic carbocycles. The zero-order chi connectivity index (χ0) is 23.0. The molecule has 2 aliphatic rings. The molecule has 2 aromatic heterocycles. The van der Waals surface area contributed by atoms with Gasteiger partial charge in [-0.1, -0.05) is 25.0 Å². The van der Waals surface area contributed by atoms with Gasteiger partial charge >= 0.3 is 0 Å². The standard InChI is InChI=1S/C21H33N7O3S/c1-13-9-14(2)11-27(10-13)19-18-17(22-12-23-19)20(26-5-7-32(31)8-6-26)25-21(24-18)28(15(3)29)16(4)30/h12-16,29-30H,5-11H2,1-4H3. The highest BCUT2D eigenvalue weighted by molar-refractivity contribution is 7.91. The number of hydrogen-bond donors (Lipinski definition) is 2. The smallest absolute Gasteiger partial charge is 0.232 e. The third kappa shape index (κ3) is 4.70. The number of fused-ring (bicyclic) bond motifs is 1. The lowest BCUT2D eigenvalue weighted by Crippen LogP contribution is -2.43. The number of rotatable bonds is 5. The quantitative estimate of drug-likeness (QED) is 0.489. The summed E-state index contributed by atoms with van der Waals surface area (Å²) in [6.07, 6.45) is 0.750. The Hall–Kier alpha value is -1.95. The van der Waals surface area contributed by atoms with E-state index < -0.39 is 23.6 Å². The summed E-state index contributed by atoms with van der Waals surface area (Å²) in [5.41, 5.74) is 1.24. The van der Waals surface area contributed by atoms with Crippen LogP contribution in [-0.4, -0.2) is 84.8 Å².